The van der Waals surface area contributed by atoms with E-state index < -0.39 is 0 Å². The van der Waals surface area contributed by atoms with Crippen molar-refractivity contribution < 1.29 is 0 Å². The number of aryl methyl sites for hydroxylation is 1. The van der Waals surface area contributed by atoms with E-state index >= 15 is 0 Å². The molecule has 2 aliphatic heterocycles. The van der Waals surface area contributed by atoms with E-state index in [1.165, 1.54) is 12.8 Å². The number of hydrogen-bond acceptors (Lipinski definition) is 7. The monoisotopic (exact) mass is 391 g/mol. The van der Waals surface area contributed by atoms with Gasteiger partial charge >= 0.3 is 0 Å². The maximum absolute atomic E-state index is 8.92. The number of nitrogens with zero attached hydrogens (tertiary/aromatic N) is 5. The van der Waals surface area contributed by atoms with Crippen LogP contribution >= 0.6 is 0 Å². The van der Waals surface area contributed by atoms with Gasteiger partial charge in [-0.25, -0.2) is 0 Å². The second-order valence-electron chi connectivity index (χ2n) is 8.04. The number of anilines is 3. The fourth-order valence-corrected chi connectivity index (χ4v) is 4.82. The van der Waals surface area contributed by atoms with Crippen molar-refractivity contribution >= 4 is 28.6 Å². The Hall–Kier alpha value is -3.12. The van der Waals surface area contributed by atoms with Crippen LogP contribution < -0.4 is 10.6 Å². The molecule has 0 aromatic carbocycles. The van der Waals surface area contributed by atoms with Gasteiger partial charge in [-0.3, -0.25) is 10.00 Å². The molecule has 5 heterocycles. The minimum atomic E-state index is 0.346. The molecule has 0 radical (unpaired) electrons. The Balaban J connectivity index is 1.34. The van der Waals surface area contributed by atoms with Gasteiger partial charge in [0.15, 0.2) is 5.82 Å². The summed E-state index contributed by atoms with van der Waals surface area (Å²) in [4.78, 5) is 15.1. The second-order valence-corrected chi connectivity index (χ2v) is 8.04. The molecule has 3 aromatic heterocycles. The molecule has 150 valence electrons. The van der Waals surface area contributed by atoms with E-state index in [9.17, 15) is 0 Å². The number of rotatable bonds is 6. The van der Waals surface area contributed by atoms with Crippen LogP contribution in [0.5, 0.6) is 0 Å². The molecule has 0 aliphatic carbocycles. The largest absolute Gasteiger partial charge is 0.351 e. The molecular formula is C20H25N9. The van der Waals surface area contributed by atoms with Crippen LogP contribution in [-0.4, -0.2) is 54.7 Å². The Morgan fingerprint density at radius 1 is 1.28 bits per heavy atom. The van der Waals surface area contributed by atoms with Crippen molar-refractivity contribution in [3.8, 4) is 6.07 Å². The predicted molar refractivity (Wildman–Crippen MR) is 111 cm³/mol. The minimum absolute atomic E-state index is 0.346. The van der Waals surface area contributed by atoms with E-state index in [-0.39, 0.29) is 0 Å². The number of H-pyrrole nitrogens is 2. The third kappa shape index (κ3) is 3.51. The van der Waals surface area contributed by atoms with Crippen LogP contribution in [0.2, 0.25) is 0 Å². The van der Waals surface area contributed by atoms with Crippen molar-refractivity contribution in [2.45, 2.75) is 57.2 Å². The van der Waals surface area contributed by atoms with Gasteiger partial charge in [-0.15, -0.1) is 0 Å². The third-order valence-electron chi connectivity index (χ3n) is 6.07. The van der Waals surface area contributed by atoms with E-state index in [1.54, 1.807) is 0 Å². The third-order valence-corrected chi connectivity index (χ3v) is 6.07. The number of aromatic nitrogens is 5. The molecule has 2 fully saturated rings. The lowest BCUT2D eigenvalue weighted by atomic mass is 9.97. The molecule has 0 amide bonds. The topological polar surface area (TPSA) is 121 Å². The maximum Gasteiger partial charge on any atom is 0.226 e. The summed E-state index contributed by atoms with van der Waals surface area (Å²) in [6.45, 7) is 2.86. The zero-order valence-electron chi connectivity index (χ0n) is 16.4. The molecule has 2 aliphatic rings. The van der Waals surface area contributed by atoms with Crippen molar-refractivity contribution in [3.05, 3.63) is 24.0 Å². The quantitative estimate of drug-likeness (QED) is 0.509. The first-order valence-electron chi connectivity index (χ1n) is 10.2. The Morgan fingerprint density at radius 3 is 2.83 bits per heavy atom. The van der Waals surface area contributed by atoms with Crippen LogP contribution in [0.15, 0.2) is 18.3 Å². The van der Waals surface area contributed by atoms with E-state index in [1.807, 2.05) is 25.3 Å². The van der Waals surface area contributed by atoms with Crippen molar-refractivity contribution in [2.24, 2.45) is 0 Å². The lowest BCUT2D eigenvalue weighted by Gasteiger charge is -2.38. The smallest absolute Gasteiger partial charge is 0.226 e. The van der Waals surface area contributed by atoms with Gasteiger partial charge in [-0.1, -0.05) is 0 Å². The van der Waals surface area contributed by atoms with Crippen molar-refractivity contribution in [1.82, 2.24) is 30.0 Å². The Labute approximate surface area is 168 Å². The first-order chi connectivity index (χ1) is 14.2. The highest BCUT2D eigenvalue weighted by Gasteiger charge is 2.40. The van der Waals surface area contributed by atoms with E-state index in [4.69, 9.17) is 10.2 Å². The van der Waals surface area contributed by atoms with E-state index in [2.05, 4.69) is 41.8 Å². The lowest BCUT2D eigenvalue weighted by Crippen LogP contribution is -2.47. The van der Waals surface area contributed by atoms with Crippen LogP contribution in [0.4, 0.5) is 17.6 Å². The summed E-state index contributed by atoms with van der Waals surface area (Å²) >= 11 is 0. The highest BCUT2D eigenvalue weighted by molar-refractivity contribution is 5.89. The predicted octanol–water partition coefficient (Wildman–Crippen LogP) is 3.05. The molecule has 3 aromatic rings. The first-order valence-corrected chi connectivity index (χ1v) is 10.2. The standard InChI is InChI=1S/C20H25N9/c1-12-9-17(28-27-12)24-19-16-5-7-22-18(16)25-20(26-19)23-13-10-14-3-4-15(11-13)29(14)8-2-6-21/h5,7,9,13-15H,2-4,8,10-11H2,1H3,(H4,22,23,24,25,26,27,28)/t13?,14-,15+. The maximum atomic E-state index is 8.92. The highest BCUT2D eigenvalue weighted by atomic mass is 15.3. The fourth-order valence-electron chi connectivity index (χ4n) is 4.82. The average Bonchev–Trinajstić information content (AvgIpc) is 3.39. The van der Waals surface area contributed by atoms with Crippen molar-refractivity contribution in [3.63, 3.8) is 0 Å². The number of piperidine rings is 1. The van der Waals surface area contributed by atoms with E-state index in [0.717, 1.165) is 47.7 Å². The van der Waals surface area contributed by atoms with Crippen LogP contribution in [0.25, 0.3) is 11.0 Å². The van der Waals surface area contributed by atoms with Crippen LogP contribution in [0.1, 0.15) is 37.8 Å². The number of nitriles is 1. The van der Waals surface area contributed by atoms with Gasteiger partial charge in [0.25, 0.3) is 0 Å². The molecule has 4 N–H and O–H groups in total. The summed E-state index contributed by atoms with van der Waals surface area (Å²) in [5.74, 6) is 2.10. The summed E-state index contributed by atoms with van der Waals surface area (Å²) in [6, 6.07) is 7.65. The zero-order valence-corrected chi connectivity index (χ0v) is 16.4. The van der Waals surface area contributed by atoms with Crippen molar-refractivity contribution in [1.29, 1.82) is 5.26 Å². The fraction of sp³-hybridized carbons (Fsp3) is 0.500. The number of hydrogen-bond donors (Lipinski definition) is 4. The minimum Gasteiger partial charge on any atom is -0.351 e. The Kier molecular flexibility index (Phi) is 4.56. The van der Waals surface area contributed by atoms with Gasteiger partial charge in [0.1, 0.15) is 11.5 Å². The molecule has 29 heavy (non-hydrogen) atoms. The van der Waals surface area contributed by atoms with Crippen LogP contribution in [0.3, 0.4) is 0 Å². The summed E-state index contributed by atoms with van der Waals surface area (Å²) in [7, 11) is 0. The van der Waals surface area contributed by atoms with Gasteiger partial charge < -0.3 is 15.6 Å². The number of fused-ring (bicyclic) bond motifs is 3. The van der Waals surface area contributed by atoms with Gasteiger partial charge in [-0.2, -0.15) is 20.3 Å². The molecule has 9 heteroatoms. The number of aromatic amines is 2. The van der Waals surface area contributed by atoms with Gasteiger partial charge in [0.05, 0.1) is 11.5 Å². The van der Waals surface area contributed by atoms with Gasteiger partial charge in [0, 0.05) is 49.0 Å². The normalized spacial score (nSPS) is 23.9. The first kappa shape index (κ1) is 17.9. The Bertz CT molecular complexity index is 1030. The molecule has 0 saturated carbocycles. The molecule has 5 rings (SSSR count). The summed E-state index contributed by atoms with van der Waals surface area (Å²) in [5, 5.41) is 23.9. The molecule has 0 spiro atoms. The second kappa shape index (κ2) is 7.37. The van der Waals surface area contributed by atoms with E-state index in [0.29, 0.717) is 30.5 Å². The summed E-state index contributed by atoms with van der Waals surface area (Å²) < 4.78 is 0. The molecule has 9 nitrogen and oxygen atoms in total. The summed E-state index contributed by atoms with van der Waals surface area (Å²) in [5.41, 5.74) is 1.79. The molecule has 2 saturated heterocycles. The zero-order chi connectivity index (χ0) is 19.8. The number of nitrogens with one attached hydrogen (secondary N) is 4. The van der Waals surface area contributed by atoms with Crippen LogP contribution in [0, 0.1) is 18.3 Å². The lowest BCUT2D eigenvalue weighted by molar-refractivity contribution is 0.135. The molecular weight excluding hydrogens is 366 g/mol. The summed E-state index contributed by atoms with van der Waals surface area (Å²) in [6.07, 6.45) is 7.05. The molecule has 1 unspecified atom stereocenters. The molecule has 2 bridgehead atoms. The average molecular weight is 391 g/mol. The Morgan fingerprint density at radius 2 is 2.10 bits per heavy atom. The van der Waals surface area contributed by atoms with Crippen molar-refractivity contribution in [2.75, 3.05) is 17.2 Å². The van der Waals surface area contributed by atoms with Gasteiger partial charge in [0.2, 0.25) is 5.95 Å². The molecule has 3 atom stereocenters. The van der Waals surface area contributed by atoms with Gasteiger partial charge in [-0.05, 0) is 38.7 Å². The van der Waals surface area contributed by atoms with Crippen LogP contribution in [-0.2, 0) is 0 Å². The SMILES string of the molecule is Cc1cc(Nc2nc(NC3C[C@H]4CC[C@@H](C3)N4CCC#N)nc3[nH]ccc23)n[nH]1. The highest BCUT2D eigenvalue weighted by Crippen LogP contribution is 2.37.